The second-order valence-corrected chi connectivity index (χ2v) is 8.88. The minimum absolute atomic E-state index is 0.174. The molecule has 0 spiro atoms. The lowest BCUT2D eigenvalue weighted by atomic mass is 10.2. The third kappa shape index (κ3) is 3.10. The van der Waals surface area contributed by atoms with Gasteiger partial charge < -0.3 is 9.73 Å². The van der Waals surface area contributed by atoms with E-state index in [1.165, 1.54) is 4.31 Å². The van der Waals surface area contributed by atoms with Gasteiger partial charge in [0.2, 0.25) is 10.0 Å². The molecule has 1 fully saturated rings. The normalized spacial score (nSPS) is 16.1. The van der Waals surface area contributed by atoms with E-state index in [1.807, 2.05) is 18.2 Å². The van der Waals surface area contributed by atoms with Crippen molar-refractivity contribution >= 4 is 54.2 Å². The molecule has 6 nitrogen and oxygen atoms in total. The Kier molecular flexibility index (Phi) is 4.24. The Morgan fingerprint density at radius 3 is 2.58 bits per heavy atom. The number of hydrogen-bond donors (Lipinski definition) is 1. The van der Waals surface area contributed by atoms with Crippen molar-refractivity contribution in [3.63, 3.8) is 0 Å². The van der Waals surface area contributed by atoms with Gasteiger partial charge in [0.1, 0.15) is 5.58 Å². The fraction of sp³-hybridized carbons (Fsp3) is 0.167. The molecule has 0 atom stereocenters. The molecule has 1 aliphatic heterocycles. The summed E-state index contributed by atoms with van der Waals surface area (Å²) in [6.07, 6.45) is 0.627. The molecule has 0 unspecified atom stereocenters. The van der Waals surface area contributed by atoms with E-state index in [0.717, 1.165) is 9.86 Å². The summed E-state index contributed by atoms with van der Waals surface area (Å²) in [5.74, 6) is 0.0142. The van der Waals surface area contributed by atoms with E-state index in [2.05, 4.69) is 21.2 Å². The summed E-state index contributed by atoms with van der Waals surface area (Å²) < 4.78 is 31.7. The molecule has 134 valence electrons. The highest BCUT2D eigenvalue weighted by Crippen LogP contribution is 2.28. The van der Waals surface area contributed by atoms with Crippen molar-refractivity contribution in [1.82, 2.24) is 0 Å². The van der Waals surface area contributed by atoms with Gasteiger partial charge in [-0.2, -0.15) is 0 Å². The van der Waals surface area contributed by atoms with Crippen LogP contribution in [0.4, 0.5) is 11.4 Å². The van der Waals surface area contributed by atoms with Gasteiger partial charge in [0.05, 0.1) is 15.9 Å². The van der Waals surface area contributed by atoms with Gasteiger partial charge in [0.15, 0.2) is 5.76 Å². The molecule has 2 aromatic carbocycles. The molecule has 0 radical (unpaired) electrons. The lowest BCUT2D eigenvalue weighted by molar-refractivity contribution is 0.0998. The Balaban J connectivity index is 1.53. The van der Waals surface area contributed by atoms with Crippen molar-refractivity contribution < 1.29 is 17.6 Å². The predicted molar refractivity (Wildman–Crippen MR) is 104 cm³/mol. The van der Waals surface area contributed by atoms with Gasteiger partial charge >= 0.3 is 0 Å². The first-order valence-corrected chi connectivity index (χ1v) is 10.4. The maximum absolute atomic E-state index is 12.4. The number of fused-ring (bicyclic) bond motifs is 1. The average Bonchev–Trinajstić information content (AvgIpc) is 3.19. The molecule has 1 aliphatic rings. The molecule has 3 aromatic rings. The summed E-state index contributed by atoms with van der Waals surface area (Å²) in [5.41, 5.74) is 1.79. The van der Waals surface area contributed by atoms with E-state index >= 15 is 0 Å². The molecule has 0 aliphatic carbocycles. The Labute approximate surface area is 159 Å². The largest absolute Gasteiger partial charge is 0.450 e. The van der Waals surface area contributed by atoms with E-state index in [-0.39, 0.29) is 17.4 Å². The number of carbonyl (C=O) groups is 1. The van der Waals surface area contributed by atoms with Crippen molar-refractivity contribution in [1.29, 1.82) is 0 Å². The van der Waals surface area contributed by atoms with Crippen LogP contribution < -0.4 is 9.62 Å². The van der Waals surface area contributed by atoms with Crippen molar-refractivity contribution in [3.05, 3.63) is 58.8 Å². The third-order valence-electron chi connectivity index (χ3n) is 4.23. The van der Waals surface area contributed by atoms with E-state index in [1.54, 1.807) is 30.3 Å². The molecule has 1 N–H and O–H groups in total. The fourth-order valence-electron chi connectivity index (χ4n) is 2.97. The van der Waals surface area contributed by atoms with Crippen molar-refractivity contribution in [2.75, 3.05) is 21.9 Å². The Morgan fingerprint density at radius 1 is 1.15 bits per heavy atom. The number of benzene rings is 2. The SMILES string of the molecule is O=C(Nc1ccc(N2CCCS2(=O)=O)cc1)c1cc2cccc(Br)c2o1. The number of anilines is 2. The van der Waals surface area contributed by atoms with Crippen LogP contribution in [0.5, 0.6) is 0 Å². The number of rotatable bonds is 3. The highest BCUT2D eigenvalue weighted by atomic mass is 79.9. The van der Waals surface area contributed by atoms with Crippen molar-refractivity contribution in [2.45, 2.75) is 6.42 Å². The Bertz CT molecular complexity index is 1090. The highest BCUT2D eigenvalue weighted by Gasteiger charge is 2.28. The summed E-state index contributed by atoms with van der Waals surface area (Å²) >= 11 is 3.40. The van der Waals surface area contributed by atoms with Crippen LogP contribution in [0.25, 0.3) is 11.0 Å². The zero-order chi connectivity index (χ0) is 18.3. The first-order valence-electron chi connectivity index (χ1n) is 8.04. The Morgan fingerprint density at radius 2 is 1.92 bits per heavy atom. The molecule has 0 bridgehead atoms. The fourth-order valence-corrected chi connectivity index (χ4v) is 5.00. The van der Waals surface area contributed by atoms with Gasteiger partial charge in [0.25, 0.3) is 5.91 Å². The third-order valence-corrected chi connectivity index (χ3v) is 6.73. The van der Waals surface area contributed by atoms with Crippen LogP contribution in [0.2, 0.25) is 0 Å². The number of nitrogens with one attached hydrogen (secondary N) is 1. The Hall–Kier alpha value is -2.32. The van der Waals surface area contributed by atoms with Crippen LogP contribution in [0.1, 0.15) is 17.0 Å². The summed E-state index contributed by atoms with van der Waals surface area (Å²) in [6.45, 7) is 0.488. The first-order chi connectivity index (χ1) is 12.4. The molecule has 8 heteroatoms. The van der Waals surface area contributed by atoms with Crippen LogP contribution >= 0.6 is 15.9 Å². The van der Waals surface area contributed by atoms with Gasteiger partial charge in [-0.3, -0.25) is 9.10 Å². The molecular weight excluding hydrogens is 420 g/mol. The molecule has 1 aromatic heterocycles. The number of amides is 1. The summed E-state index contributed by atoms with van der Waals surface area (Å²) in [5, 5.41) is 3.59. The molecule has 2 heterocycles. The lowest BCUT2D eigenvalue weighted by Gasteiger charge is -2.17. The topological polar surface area (TPSA) is 79.6 Å². The van der Waals surface area contributed by atoms with Gasteiger partial charge in [-0.25, -0.2) is 8.42 Å². The van der Waals surface area contributed by atoms with Crippen molar-refractivity contribution in [2.24, 2.45) is 0 Å². The van der Waals surface area contributed by atoms with E-state index in [4.69, 9.17) is 4.42 Å². The van der Waals surface area contributed by atoms with Crippen LogP contribution in [0.15, 0.2) is 57.4 Å². The second-order valence-electron chi connectivity index (χ2n) is 6.01. The maximum Gasteiger partial charge on any atom is 0.291 e. The van der Waals surface area contributed by atoms with Gasteiger partial charge in [-0.05, 0) is 58.7 Å². The van der Waals surface area contributed by atoms with Crippen LogP contribution in [0.3, 0.4) is 0 Å². The van der Waals surface area contributed by atoms with Gasteiger partial charge in [0, 0.05) is 17.6 Å². The monoisotopic (exact) mass is 434 g/mol. The number of para-hydroxylation sites is 1. The number of hydrogen-bond acceptors (Lipinski definition) is 4. The number of halogens is 1. The standard InChI is InChI=1S/C18H15BrN2O4S/c19-15-4-1-3-12-11-16(25-17(12)15)18(22)20-13-5-7-14(8-6-13)21-9-2-10-26(21,23)24/h1,3-8,11H,2,9-10H2,(H,20,22). The van der Waals surface area contributed by atoms with E-state index in [0.29, 0.717) is 29.9 Å². The molecule has 4 rings (SSSR count). The zero-order valence-corrected chi connectivity index (χ0v) is 16.0. The molecule has 1 saturated heterocycles. The molecule has 0 saturated carbocycles. The van der Waals surface area contributed by atoms with Crippen LogP contribution in [-0.4, -0.2) is 26.6 Å². The van der Waals surface area contributed by atoms with Crippen LogP contribution in [0, 0.1) is 0 Å². The number of sulfonamides is 1. The zero-order valence-electron chi connectivity index (χ0n) is 13.6. The van der Waals surface area contributed by atoms with Gasteiger partial charge in [-0.1, -0.05) is 12.1 Å². The van der Waals surface area contributed by atoms with Gasteiger partial charge in [-0.15, -0.1) is 0 Å². The minimum Gasteiger partial charge on any atom is -0.450 e. The summed E-state index contributed by atoms with van der Waals surface area (Å²) in [4.78, 5) is 12.4. The van der Waals surface area contributed by atoms with E-state index < -0.39 is 10.0 Å². The van der Waals surface area contributed by atoms with E-state index in [9.17, 15) is 13.2 Å². The smallest absolute Gasteiger partial charge is 0.291 e. The quantitative estimate of drug-likeness (QED) is 0.675. The first kappa shape index (κ1) is 17.1. The number of carbonyl (C=O) groups excluding carboxylic acids is 1. The average molecular weight is 435 g/mol. The highest BCUT2D eigenvalue weighted by molar-refractivity contribution is 9.10. The molecule has 26 heavy (non-hydrogen) atoms. The number of nitrogens with zero attached hydrogens (tertiary/aromatic N) is 1. The molecular formula is C18H15BrN2O4S. The summed E-state index contributed by atoms with van der Waals surface area (Å²) in [6, 6.07) is 14.0. The maximum atomic E-state index is 12.4. The number of furan rings is 1. The summed E-state index contributed by atoms with van der Waals surface area (Å²) in [7, 11) is -3.21. The lowest BCUT2D eigenvalue weighted by Crippen LogP contribution is -2.24. The predicted octanol–water partition coefficient (Wildman–Crippen LogP) is 3.99. The van der Waals surface area contributed by atoms with Crippen LogP contribution in [-0.2, 0) is 10.0 Å². The second kappa shape index (κ2) is 6.44. The molecule has 1 amide bonds. The van der Waals surface area contributed by atoms with Crippen molar-refractivity contribution in [3.8, 4) is 0 Å². The minimum atomic E-state index is -3.21.